The third kappa shape index (κ3) is 4.75. The Morgan fingerprint density at radius 2 is 1.97 bits per heavy atom. The van der Waals surface area contributed by atoms with Crippen molar-refractivity contribution in [3.63, 3.8) is 0 Å². The average Bonchev–Trinajstić information content (AvgIpc) is 2.72. The van der Waals surface area contributed by atoms with Crippen LogP contribution in [0.25, 0.3) is 0 Å². The lowest BCUT2D eigenvalue weighted by atomic mass is 9.91. The van der Waals surface area contributed by atoms with E-state index in [4.69, 9.17) is 37.8 Å². The molecule has 0 aliphatic carbocycles. The first-order valence-electron chi connectivity index (χ1n) is 9.97. The molecule has 0 bridgehead atoms. The quantitative estimate of drug-likeness (QED) is 0.703. The molecule has 2 aromatic rings. The molecule has 2 aliphatic heterocycles. The van der Waals surface area contributed by atoms with Gasteiger partial charge in [-0.05, 0) is 43.0 Å². The number of nitrogens with one attached hydrogen (secondary N) is 1. The summed E-state index contributed by atoms with van der Waals surface area (Å²) < 4.78 is 10.6. The van der Waals surface area contributed by atoms with Gasteiger partial charge in [0, 0.05) is 30.3 Å². The maximum atomic E-state index is 13.3. The van der Waals surface area contributed by atoms with Crippen LogP contribution < -0.4 is 10.3 Å². The molecule has 2 aliphatic rings. The van der Waals surface area contributed by atoms with Crippen LogP contribution in [0.5, 0.6) is 5.75 Å². The number of fused-ring (bicyclic) bond motifs is 1. The van der Waals surface area contributed by atoms with Gasteiger partial charge in [-0.3, -0.25) is 9.59 Å². The van der Waals surface area contributed by atoms with E-state index in [-0.39, 0.29) is 18.0 Å². The van der Waals surface area contributed by atoms with Gasteiger partial charge in [0.25, 0.3) is 11.5 Å². The highest BCUT2D eigenvalue weighted by molar-refractivity contribution is 6.37. The van der Waals surface area contributed by atoms with Crippen LogP contribution in [-0.4, -0.2) is 54.9 Å². The number of nitrogens with zero attached hydrogens (tertiary/aromatic N) is 1. The van der Waals surface area contributed by atoms with Crippen LogP contribution in [0.1, 0.15) is 32.7 Å². The van der Waals surface area contributed by atoms with Crippen LogP contribution in [0.4, 0.5) is 0 Å². The summed E-state index contributed by atoms with van der Waals surface area (Å²) in [5, 5.41) is 8.02. The molecule has 0 atom stereocenters. The molecule has 168 valence electrons. The van der Waals surface area contributed by atoms with Crippen molar-refractivity contribution in [2.75, 3.05) is 34.0 Å². The summed E-state index contributed by atoms with van der Waals surface area (Å²) in [6.07, 6.45) is 1.31. The molecular formula is C22H26Cl2N2O5. The Hall–Kier alpha value is -2.06. The number of aliphatic hydroxyl groups is 1. The molecule has 31 heavy (non-hydrogen) atoms. The van der Waals surface area contributed by atoms with Gasteiger partial charge in [0.05, 0.1) is 43.0 Å². The molecule has 1 fully saturated rings. The first-order valence-corrected chi connectivity index (χ1v) is 10.7. The van der Waals surface area contributed by atoms with E-state index < -0.39 is 0 Å². The van der Waals surface area contributed by atoms with Crippen LogP contribution in [0.15, 0.2) is 16.9 Å². The molecule has 9 heteroatoms. The van der Waals surface area contributed by atoms with E-state index in [0.29, 0.717) is 64.7 Å². The van der Waals surface area contributed by atoms with Crippen molar-refractivity contribution in [1.82, 2.24) is 9.88 Å². The van der Waals surface area contributed by atoms with Gasteiger partial charge in [0.1, 0.15) is 5.75 Å². The van der Waals surface area contributed by atoms with E-state index in [0.717, 1.165) is 24.7 Å². The number of ether oxygens (including phenoxy) is 2. The summed E-state index contributed by atoms with van der Waals surface area (Å²) >= 11 is 13.1. The highest BCUT2D eigenvalue weighted by atomic mass is 35.5. The van der Waals surface area contributed by atoms with Crippen molar-refractivity contribution in [1.29, 1.82) is 0 Å². The van der Waals surface area contributed by atoms with Gasteiger partial charge in [-0.25, -0.2) is 0 Å². The number of methoxy groups -OCH3 is 1. The number of hydrogen-bond donors (Lipinski definition) is 2. The lowest BCUT2D eigenvalue weighted by molar-refractivity contribution is -0.0312. The Balaban J connectivity index is 0.00000132. The van der Waals surface area contributed by atoms with Crippen LogP contribution in [-0.2, 0) is 24.1 Å². The maximum absolute atomic E-state index is 13.3. The van der Waals surface area contributed by atoms with Crippen molar-refractivity contribution in [3.05, 3.63) is 60.5 Å². The number of carbonyl (C=O) groups is 1. The Kier molecular flexibility index (Phi) is 7.64. The molecule has 1 amide bonds. The second-order valence-electron chi connectivity index (χ2n) is 7.60. The second-order valence-corrected chi connectivity index (χ2v) is 8.38. The van der Waals surface area contributed by atoms with Crippen LogP contribution in [0.3, 0.4) is 0 Å². The maximum Gasteiger partial charge on any atom is 0.256 e. The Labute approximate surface area is 190 Å². The summed E-state index contributed by atoms with van der Waals surface area (Å²) in [5.41, 5.74) is 2.94. The number of hydrogen-bond acceptors (Lipinski definition) is 5. The average molecular weight is 469 g/mol. The molecule has 1 saturated heterocycles. The lowest BCUT2D eigenvalue weighted by Crippen LogP contribution is -2.39. The Bertz CT molecular complexity index is 1030. The molecule has 0 saturated carbocycles. The predicted octanol–water partition coefficient (Wildman–Crippen LogP) is 2.99. The monoisotopic (exact) mass is 468 g/mol. The molecule has 0 spiro atoms. The summed E-state index contributed by atoms with van der Waals surface area (Å²) in [6.45, 7) is 3.77. The molecular weight excluding hydrogens is 443 g/mol. The number of aryl methyl sites for hydroxylation is 1. The number of aromatic nitrogens is 1. The van der Waals surface area contributed by atoms with Gasteiger partial charge in [-0.1, -0.05) is 23.2 Å². The fourth-order valence-corrected chi connectivity index (χ4v) is 4.56. The topological polar surface area (TPSA) is 91.9 Å². The summed E-state index contributed by atoms with van der Waals surface area (Å²) in [6, 6.07) is 3.62. The SMILES string of the molecule is CO.COc1cc(C)[nH]c(=O)c1CN1CCc2c(Cl)cc(CC3COC3)c(Cl)c2C1=O. The number of halogens is 2. The fraction of sp³-hybridized carbons (Fsp3) is 0.455. The van der Waals surface area contributed by atoms with Gasteiger partial charge in [0.2, 0.25) is 0 Å². The van der Waals surface area contributed by atoms with E-state index in [1.165, 1.54) is 7.11 Å². The largest absolute Gasteiger partial charge is 0.496 e. The Morgan fingerprint density at radius 3 is 2.58 bits per heavy atom. The second kappa shape index (κ2) is 10.0. The van der Waals surface area contributed by atoms with Crippen LogP contribution in [0, 0.1) is 12.8 Å². The fourth-order valence-electron chi connectivity index (χ4n) is 3.91. The molecule has 1 aromatic heterocycles. The Morgan fingerprint density at radius 1 is 1.26 bits per heavy atom. The minimum atomic E-state index is -0.261. The lowest BCUT2D eigenvalue weighted by Gasteiger charge is -2.32. The molecule has 4 rings (SSSR count). The number of benzene rings is 1. The van der Waals surface area contributed by atoms with Crippen molar-refractivity contribution in [2.24, 2.45) is 5.92 Å². The summed E-state index contributed by atoms with van der Waals surface area (Å²) in [7, 11) is 2.51. The normalized spacial score (nSPS) is 15.7. The number of amides is 1. The minimum Gasteiger partial charge on any atom is -0.496 e. The zero-order chi connectivity index (χ0) is 22.7. The van der Waals surface area contributed by atoms with E-state index in [9.17, 15) is 9.59 Å². The van der Waals surface area contributed by atoms with Gasteiger partial charge in [-0.15, -0.1) is 0 Å². The summed E-state index contributed by atoms with van der Waals surface area (Å²) in [4.78, 5) is 30.1. The minimum absolute atomic E-state index is 0.145. The molecule has 7 nitrogen and oxygen atoms in total. The van der Waals surface area contributed by atoms with Gasteiger partial charge >= 0.3 is 0 Å². The number of aromatic amines is 1. The van der Waals surface area contributed by atoms with Crippen LogP contribution >= 0.6 is 23.2 Å². The van der Waals surface area contributed by atoms with Crippen LogP contribution in [0.2, 0.25) is 10.0 Å². The number of H-pyrrole nitrogens is 1. The number of pyridine rings is 1. The molecule has 3 heterocycles. The predicted molar refractivity (Wildman–Crippen MR) is 119 cm³/mol. The highest BCUT2D eigenvalue weighted by Gasteiger charge is 2.32. The molecule has 1 aromatic carbocycles. The van der Waals surface area contributed by atoms with Gasteiger partial charge in [0.15, 0.2) is 0 Å². The van der Waals surface area contributed by atoms with Gasteiger partial charge < -0.3 is 24.5 Å². The van der Waals surface area contributed by atoms with E-state index in [1.807, 2.05) is 6.07 Å². The standard InChI is InChI=1S/C21H22Cl2N2O4.CH4O/c1-11-5-17(28-2)15(20(26)24-11)8-25-4-3-14-16(22)7-13(6-12-9-29-10-12)19(23)18(14)21(25)27;1-2/h5,7,12H,3-4,6,8-10H2,1-2H3,(H,24,26);2H,1H3. The van der Waals surface area contributed by atoms with E-state index >= 15 is 0 Å². The number of aliphatic hydroxyl groups excluding tert-OH is 1. The zero-order valence-electron chi connectivity index (χ0n) is 17.8. The third-order valence-electron chi connectivity index (χ3n) is 5.54. The van der Waals surface area contributed by atoms with E-state index in [1.54, 1.807) is 17.9 Å². The van der Waals surface area contributed by atoms with Crippen molar-refractivity contribution in [3.8, 4) is 5.75 Å². The molecule has 0 radical (unpaired) electrons. The third-order valence-corrected chi connectivity index (χ3v) is 6.31. The first-order chi connectivity index (χ1) is 14.9. The van der Waals surface area contributed by atoms with Crippen molar-refractivity contribution in [2.45, 2.75) is 26.3 Å². The number of carbonyl (C=O) groups excluding carboxylic acids is 1. The van der Waals surface area contributed by atoms with E-state index in [2.05, 4.69) is 4.98 Å². The zero-order valence-corrected chi connectivity index (χ0v) is 19.3. The number of rotatable bonds is 5. The summed E-state index contributed by atoms with van der Waals surface area (Å²) in [5.74, 6) is 0.645. The highest BCUT2D eigenvalue weighted by Crippen LogP contribution is 2.37. The van der Waals surface area contributed by atoms with Gasteiger partial charge in [-0.2, -0.15) is 0 Å². The first kappa shape index (κ1) is 23.6. The molecule has 0 unspecified atom stereocenters. The molecule has 2 N–H and O–H groups in total. The van der Waals surface area contributed by atoms with Crippen molar-refractivity contribution >= 4 is 29.1 Å². The van der Waals surface area contributed by atoms with Crippen molar-refractivity contribution < 1.29 is 19.4 Å². The smallest absolute Gasteiger partial charge is 0.256 e.